The molecule has 0 bridgehead atoms. The maximum Gasteiger partial charge on any atom is 0.358 e. The Morgan fingerprint density at radius 3 is 2.82 bits per heavy atom. The van der Waals surface area contributed by atoms with Crippen molar-refractivity contribution in [2.45, 2.75) is 18.9 Å². The van der Waals surface area contributed by atoms with Gasteiger partial charge in [0.25, 0.3) is 0 Å². The predicted octanol–water partition coefficient (Wildman–Crippen LogP) is 1.38. The maximum atomic E-state index is 11.7. The van der Waals surface area contributed by atoms with Crippen LogP contribution in [0.25, 0.3) is 0 Å². The van der Waals surface area contributed by atoms with Crippen molar-refractivity contribution < 1.29 is 9.53 Å². The second-order valence-electron chi connectivity index (χ2n) is 4.13. The average molecular weight is 256 g/mol. The summed E-state index contributed by atoms with van der Waals surface area (Å²) in [6.45, 7) is 1.89. The van der Waals surface area contributed by atoms with Crippen molar-refractivity contribution in [2.24, 2.45) is 0 Å². The Kier molecular flexibility index (Phi) is 3.91. The number of ether oxygens (including phenoxy) is 1. The van der Waals surface area contributed by atoms with E-state index in [4.69, 9.17) is 16.3 Å². The highest BCUT2D eigenvalue weighted by atomic mass is 35.5. The Hall–Kier alpha value is -1.20. The molecule has 0 spiro atoms. The molecule has 92 valence electrons. The monoisotopic (exact) mass is 255 g/mol. The van der Waals surface area contributed by atoms with Gasteiger partial charge in [0.2, 0.25) is 0 Å². The van der Waals surface area contributed by atoms with Gasteiger partial charge in [-0.2, -0.15) is 0 Å². The molecule has 0 amide bonds. The van der Waals surface area contributed by atoms with Crippen molar-refractivity contribution in [1.82, 2.24) is 14.9 Å². The van der Waals surface area contributed by atoms with E-state index in [-0.39, 0.29) is 17.0 Å². The van der Waals surface area contributed by atoms with E-state index in [9.17, 15) is 4.79 Å². The second-order valence-corrected chi connectivity index (χ2v) is 4.52. The summed E-state index contributed by atoms with van der Waals surface area (Å²) in [6.07, 6.45) is 4.43. The number of esters is 1. The van der Waals surface area contributed by atoms with E-state index in [0.717, 1.165) is 25.9 Å². The van der Waals surface area contributed by atoms with E-state index >= 15 is 0 Å². The normalized spacial score (nSPS) is 18.0. The number of carbonyl (C=O) groups excluding carboxylic acids is 1. The van der Waals surface area contributed by atoms with Crippen molar-refractivity contribution in [3.05, 3.63) is 23.2 Å². The topological polar surface area (TPSA) is 55.3 Å². The van der Waals surface area contributed by atoms with E-state index in [1.165, 1.54) is 12.4 Å². The number of aromatic nitrogens is 2. The van der Waals surface area contributed by atoms with E-state index in [1.807, 2.05) is 0 Å². The lowest BCUT2D eigenvalue weighted by atomic mass is 10.1. The van der Waals surface area contributed by atoms with Crippen LogP contribution in [0.15, 0.2) is 12.4 Å². The number of carbonyl (C=O) groups is 1. The molecule has 0 aliphatic carbocycles. The third-order valence-corrected chi connectivity index (χ3v) is 2.94. The molecule has 2 heterocycles. The number of likely N-dealkylation sites (tertiary alicyclic amines) is 1. The van der Waals surface area contributed by atoms with E-state index < -0.39 is 5.97 Å². The molecule has 1 aliphatic rings. The minimum Gasteiger partial charge on any atom is -0.458 e. The molecule has 1 aromatic rings. The molecule has 0 N–H and O–H groups in total. The molecular weight excluding hydrogens is 242 g/mol. The van der Waals surface area contributed by atoms with Crippen LogP contribution in [0, 0.1) is 0 Å². The van der Waals surface area contributed by atoms with Gasteiger partial charge in [-0.05, 0) is 19.9 Å². The number of halogens is 1. The third kappa shape index (κ3) is 3.38. The van der Waals surface area contributed by atoms with Crippen LogP contribution in [-0.2, 0) is 4.74 Å². The first kappa shape index (κ1) is 12.3. The van der Waals surface area contributed by atoms with Crippen LogP contribution < -0.4 is 0 Å². The zero-order chi connectivity index (χ0) is 12.3. The minimum absolute atomic E-state index is 0.0283. The van der Waals surface area contributed by atoms with Gasteiger partial charge < -0.3 is 9.64 Å². The van der Waals surface area contributed by atoms with Gasteiger partial charge in [0.15, 0.2) is 5.69 Å². The SMILES string of the molecule is CN1CCC(OC(=O)c2cncc(Cl)n2)CC1. The van der Waals surface area contributed by atoms with E-state index in [2.05, 4.69) is 21.9 Å². The fraction of sp³-hybridized carbons (Fsp3) is 0.545. The highest BCUT2D eigenvalue weighted by Gasteiger charge is 2.21. The Morgan fingerprint density at radius 2 is 2.18 bits per heavy atom. The summed E-state index contributed by atoms with van der Waals surface area (Å²) >= 11 is 5.66. The van der Waals surface area contributed by atoms with Gasteiger partial charge in [-0.3, -0.25) is 4.98 Å². The largest absolute Gasteiger partial charge is 0.458 e. The Labute approximate surface area is 105 Å². The lowest BCUT2D eigenvalue weighted by molar-refractivity contribution is 0.0132. The third-order valence-electron chi connectivity index (χ3n) is 2.75. The molecule has 0 radical (unpaired) electrons. The minimum atomic E-state index is -0.449. The molecule has 1 saturated heterocycles. The van der Waals surface area contributed by atoms with Crippen LogP contribution in [-0.4, -0.2) is 47.1 Å². The summed E-state index contributed by atoms with van der Waals surface area (Å²) in [5.41, 5.74) is 0.163. The van der Waals surface area contributed by atoms with E-state index in [0.29, 0.717) is 0 Å². The lowest BCUT2D eigenvalue weighted by Gasteiger charge is -2.28. The molecule has 0 unspecified atom stereocenters. The first-order valence-electron chi connectivity index (χ1n) is 5.52. The van der Waals surface area contributed by atoms with Crippen molar-refractivity contribution in [1.29, 1.82) is 0 Å². The van der Waals surface area contributed by atoms with Gasteiger partial charge in [0.1, 0.15) is 11.3 Å². The van der Waals surface area contributed by atoms with Gasteiger partial charge in [-0.1, -0.05) is 11.6 Å². The number of piperidine rings is 1. The summed E-state index contributed by atoms with van der Waals surface area (Å²) in [5.74, 6) is -0.449. The number of hydrogen-bond acceptors (Lipinski definition) is 5. The molecule has 0 aromatic carbocycles. The number of nitrogens with zero attached hydrogens (tertiary/aromatic N) is 3. The zero-order valence-electron chi connectivity index (χ0n) is 9.60. The van der Waals surface area contributed by atoms with Crippen LogP contribution >= 0.6 is 11.6 Å². The molecule has 2 rings (SSSR count). The van der Waals surface area contributed by atoms with Crippen LogP contribution in [0.5, 0.6) is 0 Å². The van der Waals surface area contributed by atoms with Crippen molar-refractivity contribution in [3.8, 4) is 0 Å². The maximum absolute atomic E-state index is 11.7. The zero-order valence-corrected chi connectivity index (χ0v) is 10.4. The smallest absolute Gasteiger partial charge is 0.358 e. The molecule has 1 aromatic heterocycles. The quantitative estimate of drug-likeness (QED) is 0.748. The first-order chi connectivity index (χ1) is 8.15. The van der Waals surface area contributed by atoms with Crippen molar-refractivity contribution >= 4 is 17.6 Å². The molecule has 1 fully saturated rings. The second kappa shape index (κ2) is 5.42. The van der Waals surface area contributed by atoms with Crippen molar-refractivity contribution in [2.75, 3.05) is 20.1 Å². The highest BCUT2D eigenvalue weighted by molar-refractivity contribution is 6.29. The Morgan fingerprint density at radius 1 is 1.47 bits per heavy atom. The van der Waals surface area contributed by atoms with Gasteiger partial charge in [0, 0.05) is 13.1 Å². The summed E-state index contributed by atoms with van der Waals surface area (Å²) in [5, 5.41) is 0.197. The fourth-order valence-electron chi connectivity index (χ4n) is 1.76. The lowest BCUT2D eigenvalue weighted by Crippen LogP contribution is -2.35. The van der Waals surface area contributed by atoms with Gasteiger partial charge >= 0.3 is 5.97 Å². The molecular formula is C11H14ClN3O2. The number of hydrogen-bond donors (Lipinski definition) is 0. The summed E-state index contributed by atoms with van der Waals surface area (Å²) in [4.78, 5) is 21.6. The predicted molar refractivity (Wildman–Crippen MR) is 63.0 cm³/mol. The van der Waals surface area contributed by atoms with Crippen molar-refractivity contribution in [3.63, 3.8) is 0 Å². The first-order valence-corrected chi connectivity index (χ1v) is 5.90. The molecule has 5 nitrogen and oxygen atoms in total. The summed E-state index contributed by atoms with van der Waals surface area (Å²) in [7, 11) is 2.06. The average Bonchev–Trinajstić information content (AvgIpc) is 2.32. The van der Waals surface area contributed by atoms with Gasteiger partial charge in [0.05, 0.1) is 12.4 Å². The number of rotatable bonds is 2. The Bertz CT molecular complexity index is 405. The molecule has 17 heavy (non-hydrogen) atoms. The fourth-order valence-corrected chi connectivity index (χ4v) is 1.90. The van der Waals surface area contributed by atoms with Gasteiger partial charge in [-0.25, -0.2) is 9.78 Å². The van der Waals surface area contributed by atoms with Crippen LogP contribution in [0.1, 0.15) is 23.3 Å². The highest BCUT2D eigenvalue weighted by Crippen LogP contribution is 2.14. The Balaban J connectivity index is 1.93. The molecule has 6 heteroatoms. The van der Waals surface area contributed by atoms with E-state index in [1.54, 1.807) is 0 Å². The van der Waals surface area contributed by atoms with Crippen LogP contribution in [0.2, 0.25) is 5.15 Å². The summed E-state index contributed by atoms with van der Waals surface area (Å²) < 4.78 is 5.35. The molecule has 0 saturated carbocycles. The van der Waals surface area contributed by atoms with Crippen LogP contribution in [0.3, 0.4) is 0 Å². The summed E-state index contributed by atoms with van der Waals surface area (Å²) in [6, 6.07) is 0. The molecule has 0 atom stereocenters. The standard InChI is InChI=1S/C11H14ClN3O2/c1-15-4-2-8(3-5-15)17-11(16)9-6-13-7-10(12)14-9/h6-8H,2-5H2,1H3. The van der Waals surface area contributed by atoms with Crippen LogP contribution in [0.4, 0.5) is 0 Å². The van der Waals surface area contributed by atoms with Gasteiger partial charge in [-0.15, -0.1) is 0 Å². The molecule has 1 aliphatic heterocycles.